The van der Waals surface area contributed by atoms with E-state index in [-0.39, 0.29) is 17.7 Å². The van der Waals surface area contributed by atoms with Gasteiger partial charge in [-0.3, -0.25) is 14.6 Å². The highest BCUT2D eigenvalue weighted by Gasteiger charge is 2.34. The second kappa shape index (κ2) is 6.67. The van der Waals surface area contributed by atoms with E-state index in [1.165, 1.54) is 0 Å². The van der Waals surface area contributed by atoms with Crippen molar-refractivity contribution in [3.63, 3.8) is 0 Å². The lowest BCUT2D eigenvalue weighted by atomic mass is 10.1. The van der Waals surface area contributed by atoms with Crippen LogP contribution in [0, 0.1) is 5.92 Å². The van der Waals surface area contributed by atoms with Gasteiger partial charge in [0, 0.05) is 55.3 Å². The van der Waals surface area contributed by atoms with Crippen molar-refractivity contribution >= 4 is 28.8 Å². The largest absolute Gasteiger partial charge is 0.339 e. The third-order valence-electron chi connectivity index (χ3n) is 4.90. The van der Waals surface area contributed by atoms with E-state index in [2.05, 4.69) is 4.98 Å². The Kier molecular flexibility index (Phi) is 4.22. The second-order valence-electron chi connectivity index (χ2n) is 6.68. The summed E-state index contributed by atoms with van der Waals surface area (Å²) in [7, 11) is 0. The molecule has 1 saturated heterocycles. The van der Waals surface area contributed by atoms with Crippen LogP contribution in [0.3, 0.4) is 0 Å². The van der Waals surface area contributed by atoms with E-state index in [0.717, 1.165) is 29.3 Å². The van der Waals surface area contributed by atoms with Crippen LogP contribution in [0.4, 0.5) is 0 Å². The average Bonchev–Trinajstić information content (AvgIpc) is 3.51. The van der Waals surface area contributed by atoms with E-state index >= 15 is 0 Å². The molecule has 2 aromatic rings. The molecule has 2 amide bonds. The number of pyridine rings is 1. The number of nitrogens with zero attached hydrogens (tertiary/aromatic N) is 3. The smallest absolute Gasteiger partial charge is 0.246 e. The molecule has 5 heteroatoms. The lowest BCUT2D eigenvalue weighted by Crippen LogP contribution is -2.50. The summed E-state index contributed by atoms with van der Waals surface area (Å²) in [5, 5.41) is 1.06. The zero-order valence-corrected chi connectivity index (χ0v) is 14.1. The van der Waals surface area contributed by atoms with Crippen molar-refractivity contribution in [2.75, 3.05) is 26.2 Å². The quantitative estimate of drug-likeness (QED) is 0.809. The number of carbonyl (C=O) groups excluding carboxylic acids is 2. The Morgan fingerprint density at radius 3 is 2.48 bits per heavy atom. The van der Waals surface area contributed by atoms with Gasteiger partial charge in [0.2, 0.25) is 11.8 Å². The molecule has 1 aromatic carbocycles. The van der Waals surface area contributed by atoms with Crippen molar-refractivity contribution in [1.82, 2.24) is 14.8 Å². The Morgan fingerprint density at radius 2 is 1.72 bits per heavy atom. The van der Waals surface area contributed by atoms with Crippen molar-refractivity contribution in [3.8, 4) is 0 Å². The summed E-state index contributed by atoms with van der Waals surface area (Å²) >= 11 is 0. The first-order valence-corrected chi connectivity index (χ1v) is 8.82. The number of rotatable bonds is 3. The molecule has 1 saturated carbocycles. The van der Waals surface area contributed by atoms with E-state index in [4.69, 9.17) is 0 Å². The molecule has 2 heterocycles. The monoisotopic (exact) mass is 335 g/mol. The molecule has 0 spiro atoms. The third-order valence-corrected chi connectivity index (χ3v) is 4.90. The molecule has 0 radical (unpaired) electrons. The number of hydrogen-bond donors (Lipinski definition) is 0. The Morgan fingerprint density at radius 1 is 1.00 bits per heavy atom. The molecule has 128 valence electrons. The zero-order valence-electron chi connectivity index (χ0n) is 14.1. The molecular weight excluding hydrogens is 314 g/mol. The molecule has 2 fully saturated rings. The Labute approximate surface area is 146 Å². The first-order valence-electron chi connectivity index (χ1n) is 8.82. The third kappa shape index (κ3) is 3.40. The normalized spacial score (nSPS) is 18.1. The second-order valence-corrected chi connectivity index (χ2v) is 6.68. The molecule has 0 atom stereocenters. The SMILES string of the molecule is O=C(/C=C/c1cccc2cccnc12)N1CCN(C(=O)C2CC2)CC1. The van der Waals surface area contributed by atoms with Crippen LogP contribution in [0.5, 0.6) is 0 Å². The van der Waals surface area contributed by atoms with E-state index in [0.29, 0.717) is 26.2 Å². The van der Waals surface area contributed by atoms with Gasteiger partial charge in [-0.2, -0.15) is 0 Å². The maximum atomic E-state index is 12.4. The highest BCUT2D eigenvalue weighted by Crippen LogP contribution is 2.31. The van der Waals surface area contributed by atoms with Gasteiger partial charge >= 0.3 is 0 Å². The number of fused-ring (bicyclic) bond motifs is 1. The van der Waals surface area contributed by atoms with Crippen LogP contribution in [0.1, 0.15) is 18.4 Å². The minimum Gasteiger partial charge on any atom is -0.339 e. The van der Waals surface area contributed by atoms with Crippen molar-refractivity contribution in [2.24, 2.45) is 5.92 Å². The highest BCUT2D eigenvalue weighted by molar-refractivity contribution is 5.95. The van der Waals surface area contributed by atoms with Gasteiger partial charge in [0.1, 0.15) is 0 Å². The van der Waals surface area contributed by atoms with Crippen molar-refractivity contribution < 1.29 is 9.59 Å². The Bertz CT molecular complexity index is 828. The summed E-state index contributed by atoms with van der Waals surface area (Å²) in [5.41, 5.74) is 1.84. The number of piperazine rings is 1. The number of amides is 2. The van der Waals surface area contributed by atoms with Crippen molar-refractivity contribution in [1.29, 1.82) is 0 Å². The number of benzene rings is 1. The molecule has 5 nitrogen and oxygen atoms in total. The van der Waals surface area contributed by atoms with Crippen molar-refractivity contribution in [3.05, 3.63) is 48.2 Å². The maximum absolute atomic E-state index is 12.4. The number of hydrogen-bond acceptors (Lipinski definition) is 3. The summed E-state index contributed by atoms with van der Waals surface area (Å²) in [6.07, 6.45) is 7.26. The van der Waals surface area contributed by atoms with E-state index in [9.17, 15) is 9.59 Å². The first-order chi connectivity index (χ1) is 12.2. The molecule has 1 aromatic heterocycles. The number of para-hydroxylation sites is 1. The van der Waals surface area contributed by atoms with Gasteiger partial charge < -0.3 is 9.80 Å². The minimum atomic E-state index is -0.00791. The first kappa shape index (κ1) is 15.8. The molecule has 1 aliphatic carbocycles. The fourth-order valence-electron chi connectivity index (χ4n) is 3.26. The predicted molar refractivity (Wildman–Crippen MR) is 96.7 cm³/mol. The molecule has 4 rings (SSSR count). The minimum absolute atomic E-state index is 0.00791. The van der Waals surface area contributed by atoms with Crippen LogP contribution in [-0.2, 0) is 9.59 Å². The summed E-state index contributed by atoms with van der Waals surface area (Å²) < 4.78 is 0. The summed E-state index contributed by atoms with van der Waals surface area (Å²) in [4.78, 5) is 32.6. The molecule has 1 aliphatic heterocycles. The lowest BCUT2D eigenvalue weighted by molar-refractivity contribution is -0.138. The van der Waals surface area contributed by atoms with Crippen LogP contribution in [0.25, 0.3) is 17.0 Å². The molecular formula is C20H21N3O2. The van der Waals surface area contributed by atoms with Crippen LogP contribution in [0.2, 0.25) is 0 Å². The van der Waals surface area contributed by atoms with Gasteiger partial charge in [0.25, 0.3) is 0 Å². The predicted octanol–water partition coefficient (Wildman–Crippen LogP) is 2.33. The summed E-state index contributed by atoms with van der Waals surface area (Å²) in [6, 6.07) is 9.86. The Balaban J connectivity index is 1.40. The van der Waals surface area contributed by atoms with Gasteiger partial charge in [-0.25, -0.2) is 0 Å². The van der Waals surface area contributed by atoms with E-state index in [1.54, 1.807) is 12.3 Å². The van der Waals surface area contributed by atoms with Crippen LogP contribution >= 0.6 is 0 Å². The highest BCUT2D eigenvalue weighted by atomic mass is 16.2. The Hall–Kier alpha value is -2.69. The molecule has 0 bridgehead atoms. The fourth-order valence-corrected chi connectivity index (χ4v) is 3.26. The van der Waals surface area contributed by atoms with Crippen molar-refractivity contribution in [2.45, 2.75) is 12.8 Å². The zero-order chi connectivity index (χ0) is 17.2. The standard InChI is InChI=1S/C20H21N3O2/c24-18(22-11-13-23(14-12-22)20(25)17-6-7-17)9-8-16-4-1-3-15-5-2-10-21-19(15)16/h1-5,8-10,17H,6-7,11-14H2/b9-8+. The van der Waals surface area contributed by atoms with E-state index in [1.807, 2.05) is 46.2 Å². The van der Waals surface area contributed by atoms with Crippen LogP contribution in [0.15, 0.2) is 42.6 Å². The molecule has 0 N–H and O–H groups in total. The van der Waals surface area contributed by atoms with Gasteiger partial charge in [-0.1, -0.05) is 24.3 Å². The number of carbonyl (C=O) groups is 2. The van der Waals surface area contributed by atoms with Gasteiger partial charge in [0.15, 0.2) is 0 Å². The molecule has 25 heavy (non-hydrogen) atoms. The number of aromatic nitrogens is 1. The fraction of sp³-hybridized carbons (Fsp3) is 0.350. The lowest BCUT2D eigenvalue weighted by Gasteiger charge is -2.34. The van der Waals surface area contributed by atoms with Crippen LogP contribution in [-0.4, -0.2) is 52.8 Å². The van der Waals surface area contributed by atoms with Crippen LogP contribution < -0.4 is 0 Å². The summed E-state index contributed by atoms with van der Waals surface area (Å²) in [6.45, 7) is 2.50. The van der Waals surface area contributed by atoms with E-state index < -0.39 is 0 Å². The van der Waals surface area contributed by atoms with Gasteiger partial charge in [-0.15, -0.1) is 0 Å². The average molecular weight is 335 g/mol. The summed E-state index contributed by atoms with van der Waals surface area (Å²) in [5.74, 6) is 0.511. The molecule has 2 aliphatic rings. The molecule has 0 unspecified atom stereocenters. The topological polar surface area (TPSA) is 53.5 Å². The maximum Gasteiger partial charge on any atom is 0.246 e. The van der Waals surface area contributed by atoms with Gasteiger partial charge in [-0.05, 0) is 25.0 Å². The van der Waals surface area contributed by atoms with Gasteiger partial charge in [0.05, 0.1) is 5.52 Å².